The number of carbonyl (C=O) groups is 1. The van der Waals surface area contributed by atoms with Crippen LogP contribution >= 0.6 is 0 Å². The third-order valence-corrected chi connectivity index (χ3v) is 2.42. The molecule has 1 N–H and O–H groups in total. The van der Waals surface area contributed by atoms with Crippen molar-refractivity contribution in [2.24, 2.45) is 0 Å². The van der Waals surface area contributed by atoms with E-state index in [0.717, 1.165) is 11.0 Å². The summed E-state index contributed by atoms with van der Waals surface area (Å²) < 4.78 is 0. The molecule has 1 aromatic heterocycles. The van der Waals surface area contributed by atoms with E-state index in [-0.39, 0.29) is 5.91 Å². The smallest absolute Gasteiger partial charge is 0.253 e. The van der Waals surface area contributed by atoms with Crippen LogP contribution in [-0.4, -0.2) is 34.4 Å². The second-order valence-corrected chi connectivity index (χ2v) is 3.61. The lowest BCUT2D eigenvalue weighted by molar-refractivity contribution is 0.0810. The molecule has 0 saturated heterocycles. The molecule has 0 atom stereocenters. The number of H-pyrrole nitrogens is 1. The van der Waals surface area contributed by atoms with Gasteiger partial charge in [-0.15, -0.1) is 6.58 Å². The zero-order chi connectivity index (χ0) is 11.5. The quantitative estimate of drug-likeness (QED) is 0.794. The van der Waals surface area contributed by atoms with Gasteiger partial charge >= 0.3 is 0 Å². The molecule has 0 bridgehead atoms. The molecule has 0 aliphatic heterocycles. The topological polar surface area (TPSA) is 49.0 Å². The molecule has 4 nitrogen and oxygen atoms in total. The average molecular weight is 215 g/mol. The first-order valence-electron chi connectivity index (χ1n) is 5.02. The molecular weight excluding hydrogens is 202 g/mol. The minimum atomic E-state index is -0.0172. The normalized spacial score (nSPS) is 10.3. The highest BCUT2D eigenvalue weighted by atomic mass is 16.2. The Hall–Kier alpha value is -2.10. The number of aromatic nitrogens is 2. The molecule has 1 aromatic carbocycles. The van der Waals surface area contributed by atoms with E-state index >= 15 is 0 Å². The lowest BCUT2D eigenvalue weighted by Crippen LogP contribution is -2.26. The summed E-state index contributed by atoms with van der Waals surface area (Å²) in [6, 6.07) is 5.43. The van der Waals surface area contributed by atoms with Gasteiger partial charge in [0.05, 0.1) is 17.4 Å². The van der Waals surface area contributed by atoms with Gasteiger partial charge in [-0.3, -0.25) is 4.79 Å². The first kappa shape index (κ1) is 10.4. The highest BCUT2D eigenvalue weighted by molar-refractivity contribution is 5.97. The number of nitrogens with one attached hydrogen (secondary N) is 1. The molecule has 82 valence electrons. The molecule has 1 heterocycles. The zero-order valence-corrected chi connectivity index (χ0v) is 9.10. The van der Waals surface area contributed by atoms with Crippen molar-refractivity contribution in [2.45, 2.75) is 0 Å². The largest absolute Gasteiger partial charge is 0.345 e. The predicted octanol–water partition coefficient (Wildman–Crippen LogP) is 1.82. The van der Waals surface area contributed by atoms with Crippen molar-refractivity contribution >= 4 is 16.9 Å². The number of benzene rings is 1. The summed E-state index contributed by atoms with van der Waals surface area (Å²) in [6.45, 7) is 4.15. The fourth-order valence-electron chi connectivity index (χ4n) is 1.57. The van der Waals surface area contributed by atoms with Crippen LogP contribution in [0.1, 0.15) is 10.4 Å². The number of aromatic amines is 1. The van der Waals surface area contributed by atoms with E-state index in [0.29, 0.717) is 12.1 Å². The maximum atomic E-state index is 11.9. The minimum absolute atomic E-state index is 0.0172. The number of fused-ring (bicyclic) bond motifs is 1. The van der Waals surface area contributed by atoms with Gasteiger partial charge in [-0.1, -0.05) is 6.08 Å². The first-order chi connectivity index (χ1) is 7.72. The second kappa shape index (κ2) is 4.18. The van der Waals surface area contributed by atoms with Gasteiger partial charge in [0.25, 0.3) is 5.91 Å². The summed E-state index contributed by atoms with van der Waals surface area (Å²) in [5.41, 5.74) is 2.39. The van der Waals surface area contributed by atoms with Crippen LogP contribution in [-0.2, 0) is 0 Å². The molecule has 2 rings (SSSR count). The third kappa shape index (κ3) is 1.82. The third-order valence-electron chi connectivity index (χ3n) is 2.42. The van der Waals surface area contributed by atoms with Gasteiger partial charge in [0.1, 0.15) is 0 Å². The van der Waals surface area contributed by atoms with Crippen LogP contribution in [0.3, 0.4) is 0 Å². The first-order valence-corrected chi connectivity index (χ1v) is 5.02. The van der Waals surface area contributed by atoms with Gasteiger partial charge in [-0.25, -0.2) is 4.98 Å². The lowest BCUT2D eigenvalue weighted by atomic mass is 10.2. The molecule has 16 heavy (non-hydrogen) atoms. The number of amides is 1. The van der Waals surface area contributed by atoms with E-state index in [9.17, 15) is 4.79 Å². The molecule has 0 radical (unpaired) electrons. The van der Waals surface area contributed by atoms with E-state index in [1.54, 1.807) is 30.4 Å². The predicted molar refractivity (Wildman–Crippen MR) is 63.3 cm³/mol. The maximum absolute atomic E-state index is 11.9. The van der Waals surface area contributed by atoms with E-state index in [2.05, 4.69) is 16.5 Å². The van der Waals surface area contributed by atoms with Crippen LogP contribution < -0.4 is 0 Å². The molecular formula is C12H13N3O. The van der Waals surface area contributed by atoms with Crippen LogP contribution in [0.25, 0.3) is 11.0 Å². The van der Waals surface area contributed by atoms with Gasteiger partial charge < -0.3 is 9.88 Å². The van der Waals surface area contributed by atoms with Gasteiger partial charge in [0.15, 0.2) is 0 Å². The number of hydrogen-bond donors (Lipinski definition) is 1. The van der Waals surface area contributed by atoms with Crippen LogP contribution in [0.5, 0.6) is 0 Å². The number of imidazole rings is 1. The van der Waals surface area contributed by atoms with Gasteiger partial charge in [0, 0.05) is 19.2 Å². The van der Waals surface area contributed by atoms with E-state index < -0.39 is 0 Å². The van der Waals surface area contributed by atoms with Gasteiger partial charge in [0.2, 0.25) is 0 Å². The number of nitrogens with zero attached hydrogens (tertiary/aromatic N) is 2. The highest BCUT2D eigenvalue weighted by Gasteiger charge is 2.10. The minimum Gasteiger partial charge on any atom is -0.345 e. The lowest BCUT2D eigenvalue weighted by Gasteiger charge is -2.14. The maximum Gasteiger partial charge on any atom is 0.253 e. The molecule has 0 unspecified atom stereocenters. The van der Waals surface area contributed by atoms with Crippen molar-refractivity contribution < 1.29 is 4.79 Å². The Kier molecular flexibility index (Phi) is 2.72. The molecule has 1 amide bonds. The van der Waals surface area contributed by atoms with Crippen LogP contribution in [0.4, 0.5) is 0 Å². The van der Waals surface area contributed by atoms with Crippen LogP contribution in [0.2, 0.25) is 0 Å². The van der Waals surface area contributed by atoms with Crippen molar-refractivity contribution in [1.82, 2.24) is 14.9 Å². The fourth-order valence-corrected chi connectivity index (χ4v) is 1.57. The molecule has 0 aliphatic carbocycles. The van der Waals surface area contributed by atoms with Crippen LogP contribution in [0.15, 0.2) is 37.2 Å². The number of rotatable bonds is 3. The Morgan fingerprint density at radius 1 is 1.62 bits per heavy atom. The van der Waals surface area contributed by atoms with E-state index in [1.807, 2.05) is 12.1 Å². The zero-order valence-electron chi connectivity index (χ0n) is 9.10. The molecule has 4 heteroatoms. The van der Waals surface area contributed by atoms with Gasteiger partial charge in [-0.2, -0.15) is 0 Å². The molecule has 0 spiro atoms. The van der Waals surface area contributed by atoms with Crippen molar-refractivity contribution in [2.75, 3.05) is 13.6 Å². The number of carbonyl (C=O) groups excluding carboxylic acids is 1. The van der Waals surface area contributed by atoms with Crippen molar-refractivity contribution in [3.63, 3.8) is 0 Å². The van der Waals surface area contributed by atoms with Crippen LogP contribution in [0, 0.1) is 0 Å². The summed E-state index contributed by atoms with van der Waals surface area (Å²) in [5.74, 6) is -0.0172. The molecule has 2 aromatic rings. The highest BCUT2D eigenvalue weighted by Crippen LogP contribution is 2.12. The summed E-state index contributed by atoms with van der Waals surface area (Å²) in [5, 5.41) is 0. The second-order valence-electron chi connectivity index (χ2n) is 3.61. The summed E-state index contributed by atoms with van der Waals surface area (Å²) in [7, 11) is 1.75. The summed E-state index contributed by atoms with van der Waals surface area (Å²) in [6.07, 6.45) is 3.32. The van der Waals surface area contributed by atoms with Gasteiger partial charge in [-0.05, 0) is 18.2 Å². The Labute approximate surface area is 93.6 Å². The van der Waals surface area contributed by atoms with Crippen molar-refractivity contribution in [3.8, 4) is 0 Å². The molecule has 0 fully saturated rings. The SMILES string of the molecule is C=CCN(C)C(=O)c1ccc2nc[nH]c2c1. The van der Waals surface area contributed by atoms with Crippen molar-refractivity contribution in [1.29, 1.82) is 0 Å². The fraction of sp³-hybridized carbons (Fsp3) is 0.167. The Bertz CT molecular complexity index is 530. The summed E-state index contributed by atoms with van der Waals surface area (Å²) >= 11 is 0. The Morgan fingerprint density at radius 3 is 3.19 bits per heavy atom. The van der Waals surface area contributed by atoms with E-state index in [1.165, 1.54) is 0 Å². The van der Waals surface area contributed by atoms with Crippen molar-refractivity contribution in [3.05, 3.63) is 42.7 Å². The number of likely N-dealkylation sites (N-methyl/N-ethyl adjacent to an activating group) is 1. The average Bonchev–Trinajstić information content (AvgIpc) is 2.75. The van der Waals surface area contributed by atoms with E-state index in [4.69, 9.17) is 0 Å². The number of hydrogen-bond acceptors (Lipinski definition) is 2. The monoisotopic (exact) mass is 215 g/mol. The molecule has 0 aliphatic rings. The standard InChI is InChI=1S/C12H13N3O/c1-3-6-15(2)12(16)9-4-5-10-11(7-9)14-8-13-10/h3-5,7-8H,1,6H2,2H3,(H,13,14). The molecule has 0 saturated carbocycles. The Balaban J connectivity index is 2.32. The Morgan fingerprint density at radius 2 is 2.44 bits per heavy atom. The summed E-state index contributed by atoms with van der Waals surface area (Å²) in [4.78, 5) is 20.6.